The highest BCUT2D eigenvalue weighted by Crippen LogP contribution is 2.23. The molecule has 2 unspecified atom stereocenters. The lowest BCUT2D eigenvalue weighted by molar-refractivity contribution is -0.118. The Labute approximate surface area is 125 Å². The van der Waals surface area contributed by atoms with Crippen molar-refractivity contribution in [3.8, 4) is 0 Å². The molecule has 1 amide bonds. The number of nitrogens with zero attached hydrogens (tertiary/aromatic N) is 1. The summed E-state index contributed by atoms with van der Waals surface area (Å²) in [6, 6.07) is 5.60. The van der Waals surface area contributed by atoms with Crippen LogP contribution in [-0.4, -0.2) is 29.9 Å². The standard InChI is InChI=1S/C15H22ClN3O/c1-10-3-4-11(2)19(8-10)9-15(20)18-12-5-6-13(16)14(17)7-12/h5-7,10-11H,3-4,8-9,17H2,1-2H3,(H,18,20). The van der Waals surface area contributed by atoms with Crippen LogP contribution in [0.4, 0.5) is 11.4 Å². The van der Waals surface area contributed by atoms with Crippen molar-refractivity contribution in [2.24, 2.45) is 5.92 Å². The molecule has 4 nitrogen and oxygen atoms in total. The molecule has 110 valence electrons. The Kier molecular flexibility index (Phi) is 4.89. The highest BCUT2D eigenvalue weighted by atomic mass is 35.5. The van der Waals surface area contributed by atoms with Gasteiger partial charge in [0.25, 0.3) is 0 Å². The van der Waals surface area contributed by atoms with Gasteiger partial charge in [0.2, 0.25) is 5.91 Å². The molecular weight excluding hydrogens is 274 g/mol. The Bertz CT molecular complexity index is 492. The van der Waals surface area contributed by atoms with Crippen molar-refractivity contribution in [2.75, 3.05) is 24.1 Å². The molecule has 1 saturated heterocycles. The molecule has 0 spiro atoms. The van der Waals surface area contributed by atoms with Crippen LogP contribution in [-0.2, 0) is 4.79 Å². The van der Waals surface area contributed by atoms with Crippen molar-refractivity contribution < 1.29 is 4.79 Å². The quantitative estimate of drug-likeness (QED) is 0.843. The van der Waals surface area contributed by atoms with Gasteiger partial charge in [-0.25, -0.2) is 0 Å². The number of hydrogen-bond donors (Lipinski definition) is 2. The van der Waals surface area contributed by atoms with E-state index in [2.05, 4.69) is 24.1 Å². The molecule has 1 fully saturated rings. The van der Waals surface area contributed by atoms with Gasteiger partial charge >= 0.3 is 0 Å². The number of nitrogen functional groups attached to an aromatic ring is 1. The van der Waals surface area contributed by atoms with Crippen molar-refractivity contribution in [1.29, 1.82) is 0 Å². The smallest absolute Gasteiger partial charge is 0.238 e. The fourth-order valence-corrected chi connectivity index (χ4v) is 2.72. The fraction of sp³-hybridized carbons (Fsp3) is 0.533. The lowest BCUT2D eigenvalue weighted by Gasteiger charge is -2.36. The number of halogens is 1. The van der Waals surface area contributed by atoms with E-state index in [0.717, 1.165) is 13.0 Å². The first-order valence-electron chi connectivity index (χ1n) is 7.04. The van der Waals surface area contributed by atoms with Gasteiger partial charge < -0.3 is 11.1 Å². The first kappa shape index (κ1) is 15.1. The number of anilines is 2. The Morgan fingerprint density at radius 1 is 1.45 bits per heavy atom. The Morgan fingerprint density at radius 2 is 2.20 bits per heavy atom. The number of likely N-dealkylation sites (tertiary alicyclic amines) is 1. The molecule has 1 aliphatic rings. The third-order valence-electron chi connectivity index (χ3n) is 3.87. The second-order valence-corrected chi connectivity index (χ2v) is 6.15. The summed E-state index contributed by atoms with van der Waals surface area (Å²) < 4.78 is 0. The average molecular weight is 296 g/mol. The largest absolute Gasteiger partial charge is 0.397 e. The van der Waals surface area contributed by atoms with Gasteiger partial charge in [0.1, 0.15) is 0 Å². The van der Waals surface area contributed by atoms with E-state index in [1.165, 1.54) is 6.42 Å². The Balaban J connectivity index is 1.93. The first-order valence-corrected chi connectivity index (χ1v) is 7.42. The summed E-state index contributed by atoms with van der Waals surface area (Å²) >= 11 is 5.86. The van der Waals surface area contributed by atoms with Gasteiger partial charge in [-0.3, -0.25) is 9.69 Å². The molecule has 1 heterocycles. The van der Waals surface area contributed by atoms with Gasteiger partial charge in [-0.15, -0.1) is 0 Å². The number of rotatable bonds is 3. The zero-order valence-corrected chi connectivity index (χ0v) is 12.8. The molecule has 1 aromatic rings. The molecule has 3 N–H and O–H groups in total. The lowest BCUT2D eigenvalue weighted by Crippen LogP contribution is -2.45. The molecule has 0 radical (unpaired) electrons. The predicted molar refractivity (Wildman–Crippen MR) is 83.9 cm³/mol. The minimum atomic E-state index is -0.00678. The molecule has 5 heteroatoms. The van der Waals surface area contributed by atoms with Crippen LogP contribution in [0.3, 0.4) is 0 Å². The minimum Gasteiger partial charge on any atom is -0.397 e. The van der Waals surface area contributed by atoms with Crippen molar-refractivity contribution in [2.45, 2.75) is 32.7 Å². The van der Waals surface area contributed by atoms with Gasteiger partial charge in [0, 0.05) is 18.3 Å². The summed E-state index contributed by atoms with van der Waals surface area (Å²) in [7, 11) is 0. The highest BCUT2D eigenvalue weighted by molar-refractivity contribution is 6.33. The van der Waals surface area contributed by atoms with E-state index < -0.39 is 0 Å². The second kappa shape index (κ2) is 6.46. The van der Waals surface area contributed by atoms with Crippen LogP contribution in [0, 0.1) is 5.92 Å². The van der Waals surface area contributed by atoms with Crippen molar-refractivity contribution >= 4 is 28.9 Å². The minimum absolute atomic E-state index is 0.00678. The van der Waals surface area contributed by atoms with E-state index in [0.29, 0.717) is 34.9 Å². The normalized spacial score (nSPS) is 23.6. The van der Waals surface area contributed by atoms with E-state index >= 15 is 0 Å². The van der Waals surface area contributed by atoms with Gasteiger partial charge in [-0.1, -0.05) is 18.5 Å². The maximum absolute atomic E-state index is 12.1. The molecule has 2 rings (SSSR count). The van der Waals surface area contributed by atoms with Crippen LogP contribution in [0.2, 0.25) is 5.02 Å². The second-order valence-electron chi connectivity index (χ2n) is 5.75. The molecular formula is C15H22ClN3O. The Morgan fingerprint density at radius 3 is 2.90 bits per heavy atom. The summed E-state index contributed by atoms with van der Waals surface area (Å²) in [5.74, 6) is 0.651. The summed E-state index contributed by atoms with van der Waals surface area (Å²) in [5.41, 5.74) is 6.89. The molecule has 0 saturated carbocycles. The molecule has 0 bridgehead atoms. The van der Waals surface area contributed by atoms with Gasteiger partial charge in [0.15, 0.2) is 0 Å². The number of carbonyl (C=O) groups excluding carboxylic acids is 1. The third-order valence-corrected chi connectivity index (χ3v) is 4.22. The summed E-state index contributed by atoms with van der Waals surface area (Å²) in [4.78, 5) is 14.3. The van der Waals surface area contributed by atoms with Crippen molar-refractivity contribution in [3.05, 3.63) is 23.2 Å². The molecule has 1 aromatic carbocycles. The summed E-state index contributed by atoms with van der Waals surface area (Å²) in [5, 5.41) is 3.37. The molecule has 0 aliphatic carbocycles. The van der Waals surface area contributed by atoms with Crippen molar-refractivity contribution in [3.63, 3.8) is 0 Å². The maximum Gasteiger partial charge on any atom is 0.238 e. The number of amides is 1. The third kappa shape index (κ3) is 3.87. The van der Waals surface area contributed by atoms with Crippen molar-refractivity contribution in [1.82, 2.24) is 4.90 Å². The molecule has 0 aromatic heterocycles. The van der Waals surface area contributed by atoms with Crippen LogP contribution in [0.1, 0.15) is 26.7 Å². The van der Waals surface area contributed by atoms with E-state index in [4.69, 9.17) is 17.3 Å². The number of piperidine rings is 1. The molecule has 2 atom stereocenters. The Hall–Kier alpha value is -1.26. The van der Waals surface area contributed by atoms with Crippen LogP contribution < -0.4 is 11.1 Å². The van der Waals surface area contributed by atoms with Crippen LogP contribution >= 0.6 is 11.6 Å². The number of nitrogens with one attached hydrogen (secondary N) is 1. The molecule has 1 aliphatic heterocycles. The number of carbonyl (C=O) groups is 1. The van der Waals surface area contributed by atoms with E-state index in [1.807, 2.05) is 0 Å². The average Bonchev–Trinajstić information content (AvgIpc) is 2.38. The number of nitrogens with two attached hydrogens (primary N) is 1. The number of benzene rings is 1. The van der Waals surface area contributed by atoms with Gasteiger partial charge in [-0.2, -0.15) is 0 Å². The summed E-state index contributed by atoms with van der Waals surface area (Å²) in [6.07, 6.45) is 2.40. The van der Waals surface area contributed by atoms with Crippen LogP contribution in [0.25, 0.3) is 0 Å². The first-order chi connectivity index (χ1) is 9.45. The van der Waals surface area contributed by atoms with E-state index in [9.17, 15) is 4.79 Å². The van der Waals surface area contributed by atoms with Crippen LogP contribution in [0.5, 0.6) is 0 Å². The van der Waals surface area contributed by atoms with Crippen LogP contribution in [0.15, 0.2) is 18.2 Å². The fourth-order valence-electron chi connectivity index (χ4n) is 2.61. The summed E-state index contributed by atoms with van der Waals surface area (Å²) in [6.45, 7) is 5.82. The monoisotopic (exact) mass is 295 g/mol. The molecule has 20 heavy (non-hydrogen) atoms. The topological polar surface area (TPSA) is 58.4 Å². The van der Waals surface area contributed by atoms with E-state index in [-0.39, 0.29) is 5.91 Å². The number of hydrogen-bond acceptors (Lipinski definition) is 3. The predicted octanol–water partition coefficient (Wildman–Crippen LogP) is 2.98. The zero-order valence-electron chi connectivity index (χ0n) is 12.0. The SMILES string of the molecule is CC1CCC(C)N(CC(=O)Nc2ccc(Cl)c(N)c2)C1. The van der Waals surface area contributed by atoms with Gasteiger partial charge in [0.05, 0.1) is 17.3 Å². The maximum atomic E-state index is 12.1. The highest BCUT2D eigenvalue weighted by Gasteiger charge is 2.24. The lowest BCUT2D eigenvalue weighted by atomic mass is 9.95. The van der Waals surface area contributed by atoms with E-state index in [1.54, 1.807) is 18.2 Å². The zero-order chi connectivity index (χ0) is 14.7. The van der Waals surface area contributed by atoms with Gasteiger partial charge in [-0.05, 0) is 43.9 Å².